The number of ether oxygens (including phenoxy) is 4. The van der Waals surface area contributed by atoms with Crippen LogP contribution in [0.5, 0.6) is 17.2 Å². The van der Waals surface area contributed by atoms with E-state index in [9.17, 15) is 14.4 Å². The molecule has 9 nitrogen and oxygen atoms in total. The minimum Gasteiger partial charge on any atom is -0.496 e. The number of amides is 3. The van der Waals surface area contributed by atoms with E-state index in [2.05, 4.69) is 10.6 Å². The predicted molar refractivity (Wildman–Crippen MR) is 110 cm³/mol. The van der Waals surface area contributed by atoms with Crippen LogP contribution in [0.15, 0.2) is 18.2 Å². The van der Waals surface area contributed by atoms with Gasteiger partial charge in [-0.3, -0.25) is 10.1 Å². The Morgan fingerprint density at radius 1 is 0.967 bits per heavy atom. The van der Waals surface area contributed by atoms with Crippen LogP contribution in [0.2, 0.25) is 0 Å². The zero-order chi connectivity index (χ0) is 21.9. The first kappa shape index (κ1) is 23.1. The van der Waals surface area contributed by atoms with E-state index in [1.807, 2.05) is 0 Å². The van der Waals surface area contributed by atoms with E-state index in [0.717, 1.165) is 38.2 Å². The number of carbonyl (C=O) groups is 3. The summed E-state index contributed by atoms with van der Waals surface area (Å²) in [6, 6.07) is 2.77. The SMILES string of the molecule is COc1cc(OC)c(OC)cc1/C=C/C(=O)OCC(=O)NC(=O)NC1CCCCC1. The normalized spacial score (nSPS) is 14.1. The Labute approximate surface area is 175 Å². The Morgan fingerprint density at radius 3 is 2.23 bits per heavy atom. The molecule has 1 aromatic carbocycles. The first-order valence-electron chi connectivity index (χ1n) is 9.72. The van der Waals surface area contributed by atoms with Crippen LogP contribution in [0.3, 0.4) is 0 Å². The summed E-state index contributed by atoms with van der Waals surface area (Å²) in [6.45, 7) is -0.565. The molecule has 1 aliphatic rings. The lowest BCUT2D eigenvalue weighted by Crippen LogP contribution is -2.46. The van der Waals surface area contributed by atoms with Crippen LogP contribution in [-0.2, 0) is 14.3 Å². The van der Waals surface area contributed by atoms with E-state index >= 15 is 0 Å². The molecule has 0 heterocycles. The van der Waals surface area contributed by atoms with Crippen molar-refractivity contribution in [2.75, 3.05) is 27.9 Å². The second-order valence-corrected chi connectivity index (χ2v) is 6.75. The zero-order valence-corrected chi connectivity index (χ0v) is 17.5. The lowest BCUT2D eigenvalue weighted by molar-refractivity contribution is -0.143. The molecule has 1 fully saturated rings. The smallest absolute Gasteiger partial charge is 0.331 e. The number of imide groups is 1. The summed E-state index contributed by atoms with van der Waals surface area (Å²) in [4.78, 5) is 35.5. The van der Waals surface area contributed by atoms with Gasteiger partial charge in [0.25, 0.3) is 5.91 Å². The lowest BCUT2D eigenvalue weighted by Gasteiger charge is -2.22. The molecule has 0 atom stereocenters. The van der Waals surface area contributed by atoms with Crippen LogP contribution in [0.25, 0.3) is 6.08 Å². The average molecular weight is 420 g/mol. The molecule has 0 aromatic heterocycles. The minimum absolute atomic E-state index is 0.0773. The van der Waals surface area contributed by atoms with Gasteiger partial charge in [-0.05, 0) is 25.0 Å². The molecular formula is C21H28N2O7. The van der Waals surface area contributed by atoms with Crippen LogP contribution in [0, 0.1) is 0 Å². The third-order valence-corrected chi connectivity index (χ3v) is 4.67. The van der Waals surface area contributed by atoms with Gasteiger partial charge < -0.3 is 24.3 Å². The fourth-order valence-corrected chi connectivity index (χ4v) is 3.16. The second kappa shape index (κ2) is 11.7. The van der Waals surface area contributed by atoms with Gasteiger partial charge in [-0.25, -0.2) is 9.59 Å². The van der Waals surface area contributed by atoms with Gasteiger partial charge in [-0.15, -0.1) is 0 Å². The molecule has 0 bridgehead atoms. The average Bonchev–Trinajstić information content (AvgIpc) is 2.76. The first-order chi connectivity index (χ1) is 14.5. The molecule has 2 rings (SSSR count). The molecule has 0 saturated heterocycles. The maximum absolute atomic E-state index is 11.9. The first-order valence-corrected chi connectivity index (χ1v) is 9.72. The summed E-state index contributed by atoms with van der Waals surface area (Å²) in [6.07, 6.45) is 7.72. The zero-order valence-electron chi connectivity index (χ0n) is 17.5. The van der Waals surface area contributed by atoms with Gasteiger partial charge in [-0.2, -0.15) is 0 Å². The van der Waals surface area contributed by atoms with Crippen LogP contribution in [0.4, 0.5) is 4.79 Å². The number of methoxy groups -OCH3 is 3. The quantitative estimate of drug-likeness (QED) is 0.491. The Bertz CT molecular complexity index is 786. The Kier molecular flexibility index (Phi) is 8.99. The summed E-state index contributed by atoms with van der Waals surface area (Å²) in [5.41, 5.74) is 0.559. The van der Waals surface area contributed by atoms with Gasteiger partial charge in [-0.1, -0.05) is 19.3 Å². The predicted octanol–water partition coefficient (Wildman–Crippen LogP) is 2.43. The molecular weight excluding hydrogens is 392 g/mol. The van der Waals surface area contributed by atoms with Crippen molar-refractivity contribution in [2.24, 2.45) is 0 Å². The number of urea groups is 1. The van der Waals surface area contributed by atoms with E-state index in [4.69, 9.17) is 18.9 Å². The number of rotatable bonds is 8. The van der Waals surface area contributed by atoms with E-state index in [-0.39, 0.29) is 6.04 Å². The maximum atomic E-state index is 11.9. The maximum Gasteiger partial charge on any atom is 0.331 e. The van der Waals surface area contributed by atoms with Gasteiger partial charge in [0.05, 0.1) is 21.3 Å². The molecule has 1 saturated carbocycles. The molecule has 0 unspecified atom stereocenters. The summed E-state index contributed by atoms with van der Waals surface area (Å²) in [5.74, 6) is -0.0239. The fraction of sp³-hybridized carbons (Fsp3) is 0.476. The molecule has 1 aliphatic carbocycles. The van der Waals surface area contributed by atoms with Gasteiger partial charge in [0.1, 0.15) is 5.75 Å². The third kappa shape index (κ3) is 6.98. The fourth-order valence-electron chi connectivity index (χ4n) is 3.16. The third-order valence-electron chi connectivity index (χ3n) is 4.67. The number of hydrogen-bond acceptors (Lipinski definition) is 7. The highest BCUT2D eigenvalue weighted by Gasteiger charge is 2.17. The monoisotopic (exact) mass is 420 g/mol. The highest BCUT2D eigenvalue weighted by atomic mass is 16.5. The number of nitrogens with one attached hydrogen (secondary N) is 2. The van der Waals surface area contributed by atoms with Crippen LogP contribution < -0.4 is 24.8 Å². The molecule has 2 N–H and O–H groups in total. The van der Waals surface area contributed by atoms with Gasteiger partial charge in [0.15, 0.2) is 18.1 Å². The van der Waals surface area contributed by atoms with Crippen molar-refractivity contribution in [3.8, 4) is 17.2 Å². The largest absolute Gasteiger partial charge is 0.496 e. The van der Waals surface area contributed by atoms with E-state index in [1.54, 1.807) is 12.1 Å². The molecule has 1 aromatic rings. The molecule has 0 radical (unpaired) electrons. The van der Waals surface area contributed by atoms with Crippen molar-refractivity contribution in [2.45, 2.75) is 38.1 Å². The molecule has 164 valence electrons. The number of hydrogen-bond donors (Lipinski definition) is 2. The second-order valence-electron chi connectivity index (χ2n) is 6.75. The van der Waals surface area contributed by atoms with E-state index in [1.165, 1.54) is 27.4 Å². The van der Waals surface area contributed by atoms with Gasteiger partial charge in [0.2, 0.25) is 0 Å². The molecule has 30 heavy (non-hydrogen) atoms. The van der Waals surface area contributed by atoms with Gasteiger partial charge in [0, 0.05) is 23.7 Å². The summed E-state index contributed by atoms with van der Waals surface area (Å²) in [7, 11) is 4.49. The van der Waals surface area contributed by atoms with Gasteiger partial charge >= 0.3 is 12.0 Å². The van der Waals surface area contributed by atoms with Crippen molar-refractivity contribution in [1.29, 1.82) is 0 Å². The van der Waals surface area contributed by atoms with Crippen LogP contribution >= 0.6 is 0 Å². The van der Waals surface area contributed by atoms with Crippen molar-refractivity contribution < 1.29 is 33.3 Å². The van der Waals surface area contributed by atoms with Crippen LogP contribution in [-0.4, -0.2) is 51.9 Å². The highest BCUT2D eigenvalue weighted by molar-refractivity contribution is 5.96. The summed E-state index contributed by atoms with van der Waals surface area (Å²) < 4.78 is 20.6. The summed E-state index contributed by atoms with van der Waals surface area (Å²) >= 11 is 0. The Morgan fingerprint density at radius 2 is 1.60 bits per heavy atom. The van der Waals surface area contributed by atoms with E-state index in [0.29, 0.717) is 22.8 Å². The van der Waals surface area contributed by atoms with E-state index < -0.39 is 24.5 Å². The Hall–Kier alpha value is -3.23. The number of benzene rings is 1. The number of carbonyl (C=O) groups excluding carboxylic acids is 3. The van der Waals surface area contributed by atoms with Crippen molar-refractivity contribution in [1.82, 2.24) is 10.6 Å². The molecule has 0 spiro atoms. The van der Waals surface area contributed by atoms with Crippen LogP contribution in [0.1, 0.15) is 37.7 Å². The van der Waals surface area contributed by atoms with Crippen molar-refractivity contribution >= 4 is 24.0 Å². The lowest BCUT2D eigenvalue weighted by atomic mass is 9.96. The van der Waals surface area contributed by atoms with Crippen molar-refractivity contribution in [3.05, 3.63) is 23.8 Å². The molecule has 0 aliphatic heterocycles. The Balaban J connectivity index is 1.84. The molecule has 9 heteroatoms. The minimum atomic E-state index is -0.741. The van der Waals surface area contributed by atoms with Crippen molar-refractivity contribution in [3.63, 3.8) is 0 Å². The highest BCUT2D eigenvalue weighted by Crippen LogP contribution is 2.35. The summed E-state index contributed by atoms with van der Waals surface area (Å²) in [5, 5.41) is 4.92. The number of esters is 1. The molecule has 3 amide bonds. The topological polar surface area (TPSA) is 112 Å². The standard InChI is InChI=1S/C21H28N2O7/c1-27-16-12-18(29-3)17(28-2)11-14(16)9-10-20(25)30-13-19(24)23-21(26)22-15-7-5-4-6-8-15/h9-12,15H,4-8,13H2,1-3H3,(H2,22,23,24,26)/b10-9+.